The van der Waals surface area contributed by atoms with Crippen LogP contribution in [0.25, 0.3) is 0 Å². The molecular weight excluding hydrogens is 272 g/mol. The summed E-state index contributed by atoms with van der Waals surface area (Å²) < 4.78 is 5.17. The quantitative estimate of drug-likeness (QED) is 0.631. The van der Waals surface area contributed by atoms with Gasteiger partial charge in [-0.15, -0.1) is 0 Å². The van der Waals surface area contributed by atoms with Crippen LogP contribution in [0.3, 0.4) is 0 Å². The Hall–Kier alpha value is -1.95. The summed E-state index contributed by atoms with van der Waals surface area (Å²) in [5, 5.41) is 10.7. The van der Waals surface area contributed by atoms with Gasteiger partial charge < -0.3 is 9.64 Å². The second-order valence-electron chi connectivity index (χ2n) is 5.47. The van der Waals surface area contributed by atoms with Crippen LogP contribution < -0.4 is 0 Å². The number of non-ortho nitro benzene ring substituents is 1. The molecule has 2 rings (SSSR count). The zero-order valence-corrected chi connectivity index (χ0v) is 12.4. The molecule has 0 aliphatic carbocycles. The van der Waals surface area contributed by atoms with Gasteiger partial charge in [0.2, 0.25) is 0 Å². The largest absolute Gasteiger partial charge is 0.384 e. The highest BCUT2D eigenvalue weighted by Crippen LogP contribution is 2.22. The lowest BCUT2D eigenvalue weighted by Gasteiger charge is -2.32. The molecule has 0 N–H and O–H groups in total. The standard InChI is InChI=1S/C15H20N2O4/c1-11-8-13(17(19)20)5-6-14(11)15(18)16-7-3-4-12(9-16)10-21-2/h5-6,8,12H,3-4,7,9-10H2,1-2H3. The number of rotatable bonds is 4. The molecular formula is C15H20N2O4. The van der Waals surface area contributed by atoms with E-state index in [1.165, 1.54) is 12.1 Å². The zero-order chi connectivity index (χ0) is 15.4. The van der Waals surface area contributed by atoms with E-state index in [1.54, 1.807) is 20.1 Å². The fraction of sp³-hybridized carbons (Fsp3) is 0.533. The maximum absolute atomic E-state index is 12.6. The summed E-state index contributed by atoms with van der Waals surface area (Å²) in [5.41, 5.74) is 1.20. The van der Waals surface area contributed by atoms with Crippen LogP contribution >= 0.6 is 0 Å². The van der Waals surface area contributed by atoms with Crippen molar-refractivity contribution in [1.82, 2.24) is 4.90 Å². The van der Waals surface area contributed by atoms with E-state index < -0.39 is 4.92 Å². The molecule has 6 nitrogen and oxygen atoms in total. The Bertz CT molecular complexity index is 542. The van der Waals surface area contributed by atoms with E-state index in [4.69, 9.17) is 4.74 Å². The van der Waals surface area contributed by atoms with Gasteiger partial charge in [-0.3, -0.25) is 14.9 Å². The van der Waals surface area contributed by atoms with Gasteiger partial charge in [0.1, 0.15) is 0 Å². The van der Waals surface area contributed by atoms with Crippen molar-refractivity contribution in [2.75, 3.05) is 26.8 Å². The van der Waals surface area contributed by atoms with Crippen molar-refractivity contribution in [2.24, 2.45) is 5.92 Å². The van der Waals surface area contributed by atoms with Crippen LogP contribution in [0, 0.1) is 23.0 Å². The molecule has 1 heterocycles. The van der Waals surface area contributed by atoms with Gasteiger partial charge in [-0.05, 0) is 37.3 Å². The number of benzene rings is 1. The van der Waals surface area contributed by atoms with Crippen LogP contribution in [0.4, 0.5) is 5.69 Å². The van der Waals surface area contributed by atoms with E-state index in [2.05, 4.69) is 0 Å². The van der Waals surface area contributed by atoms with Gasteiger partial charge in [0.15, 0.2) is 0 Å². The number of ether oxygens (including phenoxy) is 1. The molecule has 1 aromatic rings. The molecule has 0 saturated carbocycles. The van der Waals surface area contributed by atoms with Crippen LogP contribution in [0.1, 0.15) is 28.8 Å². The summed E-state index contributed by atoms with van der Waals surface area (Å²) in [6.45, 7) is 3.80. The number of hydrogen-bond donors (Lipinski definition) is 0. The van der Waals surface area contributed by atoms with Crippen molar-refractivity contribution < 1.29 is 14.5 Å². The average Bonchev–Trinajstić information content (AvgIpc) is 2.47. The predicted octanol–water partition coefficient (Wildman–Crippen LogP) is 2.40. The van der Waals surface area contributed by atoms with Crippen LogP contribution in [-0.2, 0) is 4.74 Å². The van der Waals surface area contributed by atoms with E-state index >= 15 is 0 Å². The summed E-state index contributed by atoms with van der Waals surface area (Å²) in [6, 6.07) is 4.39. The van der Waals surface area contributed by atoms with Crippen molar-refractivity contribution in [3.05, 3.63) is 39.4 Å². The summed E-state index contributed by atoms with van der Waals surface area (Å²) >= 11 is 0. The molecule has 1 atom stereocenters. The molecule has 0 radical (unpaired) electrons. The van der Waals surface area contributed by atoms with Crippen LogP contribution in [0.2, 0.25) is 0 Å². The highest BCUT2D eigenvalue weighted by atomic mass is 16.6. The molecule has 21 heavy (non-hydrogen) atoms. The lowest BCUT2D eigenvalue weighted by Crippen LogP contribution is -2.41. The van der Waals surface area contributed by atoms with Gasteiger partial charge in [0.25, 0.3) is 11.6 Å². The number of carbonyl (C=O) groups excluding carboxylic acids is 1. The van der Waals surface area contributed by atoms with Crippen molar-refractivity contribution in [2.45, 2.75) is 19.8 Å². The van der Waals surface area contributed by atoms with Crippen molar-refractivity contribution >= 4 is 11.6 Å². The second-order valence-corrected chi connectivity index (χ2v) is 5.47. The number of nitro benzene ring substituents is 1. The molecule has 1 unspecified atom stereocenters. The minimum atomic E-state index is -0.448. The Balaban J connectivity index is 2.14. The Kier molecular flexibility index (Phi) is 4.90. The summed E-state index contributed by atoms with van der Waals surface area (Å²) in [6.07, 6.45) is 2.03. The van der Waals surface area contributed by atoms with E-state index in [0.717, 1.165) is 19.4 Å². The minimum Gasteiger partial charge on any atom is -0.384 e. The lowest BCUT2D eigenvalue weighted by molar-refractivity contribution is -0.384. The molecule has 1 aliphatic rings. The monoisotopic (exact) mass is 292 g/mol. The number of hydrogen-bond acceptors (Lipinski definition) is 4. The molecule has 1 fully saturated rings. The number of piperidine rings is 1. The lowest BCUT2D eigenvalue weighted by atomic mass is 9.97. The van der Waals surface area contributed by atoms with E-state index in [-0.39, 0.29) is 11.6 Å². The molecule has 0 spiro atoms. The van der Waals surface area contributed by atoms with E-state index in [1.807, 2.05) is 4.90 Å². The summed E-state index contributed by atoms with van der Waals surface area (Å²) in [7, 11) is 1.67. The number of nitrogens with zero attached hydrogens (tertiary/aromatic N) is 2. The molecule has 1 saturated heterocycles. The number of aryl methyl sites for hydroxylation is 1. The molecule has 0 aromatic heterocycles. The van der Waals surface area contributed by atoms with Gasteiger partial charge in [-0.25, -0.2) is 0 Å². The average molecular weight is 292 g/mol. The topological polar surface area (TPSA) is 72.7 Å². The van der Waals surface area contributed by atoms with Gasteiger partial charge in [0.05, 0.1) is 11.5 Å². The number of amides is 1. The van der Waals surface area contributed by atoms with Gasteiger partial charge in [0, 0.05) is 37.9 Å². The number of likely N-dealkylation sites (tertiary alicyclic amines) is 1. The van der Waals surface area contributed by atoms with E-state index in [9.17, 15) is 14.9 Å². The first-order valence-corrected chi connectivity index (χ1v) is 7.06. The molecule has 1 aliphatic heterocycles. The summed E-state index contributed by atoms with van der Waals surface area (Å²) in [4.78, 5) is 24.7. The number of carbonyl (C=O) groups is 1. The Morgan fingerprint density at radius 3 is 2.90 bits per heavy atom. The minimum absolute atomic E-state index is 0.0138. The van der Waals surface area contributed by atoms with Gasteiger partial charge >= 0.3 is 0 Å². The smallest absolute Gasteiger partial charge is 0.269 e. The Morgan fingerprint density at radius 1 is 1.52 bits per heavy atom. The first kappa shape index (κ1) is 15.4. The van der Waals surface area contributed by atoms with Crippen LogP contribution in [0.5, 0.6) is 0 Å². The first-order chi connectivity index (χ1) is 10.0. The third-order valence-electron chi connectivity index (χ3n) is 3.86. The van der Waals surface area contributed by atoms with Crippen molar-refractivity contribution in [3.63, 3.8) is 0 Å². The third-order valence-corrected chi connectivity index (χ3v) is 3.86. The maximum Gasteiger partial charge on any atom is 0.269 e. The SMILES string of the molecule is COCC1CCCN(C(=O)c2ccc([N+](=O)[O-])cc2C)C1. The second kappa shape index (κ2) is 6.67. The van der Waals surface area contributed by atoms with Gasteiger partial charge in [-0.2, -0.15) is 0 Å². The molecule has 114 valence electrons. The third kappa shape index (κ3) is 3.58. The molecule has 1 amide bonds. The number of nitro groups is 1. The highest BCUT2D eigenvalue weighted by Gasteiger charge is 2.25. The van der Waals surface area contributed by atoms with Crippen molar-refractivity contribution in [3.8, 4) is 0 Å². The van der Waals surface area contributed by atoms with E-state index in [0.29, 0.717) is 30.2 Å². The van der Waals surface area contributed by atoms with Gasteiger partial charge in [-0.1, -0.05) is 0 Å². The van der Waals surface area contributed by atoms with Crippen LogP contribution in [-0.4, -0.2) is 42.5 Å². The number of methoxy groups -OCH3 is 1. The summed E-state index contributed by atoms with van der Waals surface area (Å²) in [5.74, 6) is 0.314. The predicted molar refractivity (Wildman–Crippen MR) is 78.3 cm³/mol. The normalized spacial score (nSPS) is 18.6. The zero-order valence-electron chi connectivity index (χ0n) is 12.4. The van der Waals surface area contributed by atoms with Crippen molar-refractivity contribution in [1.29, 1.82) is 0 Å². The Labute approximate surface area is 123 Å². The fourth-order valence-corrected chi connectivity index (χ4v) is 2.79. The maximum atomic E-state index is 12.6. The highest BCUT2D eigenvalue weighted by molar-refractivity contribution is 5.96. The fourth-order valence-electron chi connectivity index (χ4n) is 2.79. The Morgan fingerprint density at radius 2 is 2.29 bits per heavy atom. The molecule has 0 bridgehead atoms. The molecule has 1 aromatic carbocycles. The van der Waals surface area contributed by atoms with Crippen LogP contribution in [0.15, 0.2) is 18.2 Å². The first-order valence-electron chi connectivity index (χ1n) is 7.06. The molecule has 6 heteroatoms.